The molecule has 0 saturated heterocycles. The Bertz CT molecular complexity index is 440. The molecule has 0 aliphatic carbocycles. The van der Waals surface area contributed by atoms with Crippen LogP contribution in [0.2, 0.25) is 0 Å². The fraction of sp³-hybridized carbons (Fsp3) is 1.00. The zero-order valence-electron chi connectivity index (χ0n) is 30.4. The van der Waals surface area contributed by atoms with Gasteiger partial charge in [0, 0.05) is 13.2 Å². The molecule has 0 aliphatic heterocycles. The molecule has 0 heterocycles. The number of hydrogen-bond donors (Lipinski definition) is 0. The Morgan fingerprint density at radius 3 is 0.767 bits per heavy atom. The van der Waals surface area contributed by atoms with Gasteiger partial charge in [0.2, 0.25) is 0 Å². The zero-order chi connectivity index (χ0) is 31.3. The quantitative estimate of drug-likeness (QED) is 0.0651. The van der Waals surface area contributed by atoms with Crippen LogP contribution in [0.3, 0.4) is 0 Å². The summed E-state index contributed by atoms with van der Waals surface area (Å²) in [5, 5.41) is 0. The largest absolute Gasteiger partial charge is 0.376 e. The van der Waals surface area contributed by atoms with Crippen molar-refractivity contribution >= 4 is 0 Å². The molecular formula is C40H82O3. The summed E-state index contributed by atoms with van der Waals surface area (Å²) in [7, 11) is 0. The van der Waals surface area contributed by atoms with Crippen molar-refractivity contribution < 1.29 is 14.2 Å². The van der Waals surface area contributed by atoms with Crippen LogP contribution in [0.25, 0.3) is 0 Å². The second-order valence-electron chi connectivity index (χ2n) is 13.5. The first-order chi connectivity index (χ1) is 21.3. The molecule has 3 heteroatoms. The van der Waals surface area contributed by atoms with Crippen LogP contribution < -0.4 is 0 Å². The van der Waals surface area contributed by atoms with Gasteiger partial charge in [-0.25, -0.2) is 0 Å². The minimum Gasteiger partial charge on any atom is -0.376 e. The van der Waals surface area contributed by atoms with Gasteiger partial charge in [-0.15, -0.1) is 0 Å². The highest BCUT2D eigenvalue weighted by molar-refractivity contribution is 4.59. The molecule has 0 aromatic heterocycles. The van der Waals surface area contributed by atoms with Crippen LogP contribution in [0.5, 0.6) is 0 Å². The molecule has 0 radical (unpaired) electrons. The SMILES string of the molecule is CCCCCCCCCCCCCCCCOC(CC)COCC(CC)OCCCCCCCCCCCCCCCC. The van der Waals surface area contributed by atoms with Crippen molar-refractivity contribution in [2.45, 2.75) is 233 Å². The molecule has 0 rings (SSSR count). The third-order valence-corrected chi connectivity index (χ3v) is 9.22. The Kier molecular flexibility index (Phi) is 38.0. The average molecular weight is 611 g/mol. The zero-order valence-corrected chi connectivity index (χ0v) is 30.4. The van der Waals surface area contributed by atoms with E-state index in [9.17, 15) is 0 Å². The molecule has 3 nitrogen and oxygen atoms in total. The van der Waals surface area contributed by atoms with Crippen molar-refractivity contribution in [3.8, 4) is 0 Å². The molecule has 0 aliphatic rings. The lowest BCUT2D eigenvalue weighted by molar-refractivity contribution is -0.0596. The summed E-state index contributed by atoms with van der Waals surface area (Å²) in [4.78, 5) is 0. The molecule has 0 amide bonds. The fourth-order valence-corrected chi connectivity index (χ4v) is 5.99. The molecular weight excluding hydrogens is 528 g/mol. The van der Waals surface area contributed by atoms with Gasteiger partial charge in [0.1, 0.15) is 0 Å². The van der Waals surface area contributed by atoms with E-state index >= 15 is 0 Å². The van der Waals surface area contributed by atoms with Crippen molar-refractivity contribution in [1.82, 2.24) is 0 Å². The summed E-state index contributed by atoms with van der Waals surface area (Å²) in [6, 6.07) is 0. The van der Waals surface area contributed by atoms with Crippen LogP contribution in [0, 0.1) is 0 Å². The molecule has 0 aromatic rings. The van der Waals surface area contributed by atoms with Crippen molar-refractivity contribution in [3.63, 3.8) is 0 Å². The summed E-state index contributed by atoms with van der Waals surface area (Å²) in [5.74, 6) is 0. The van der Waals surface area contributed by atoms with Gasteiger partial charge in [-0.05, 0) is 25.7 Å². The highest BCUT2D eigenvalue weighted by Crippen LogP contribution is 2.15. The van der Waals surface area contributed by atoms with E-state index in [0.29, 0.717) is 13.2 Å². The number of rotatable bonds is 38. The molecule has 260 valence electrons. The Morgan fingerprint density at radius 2 is 0.535 bits per heavy atom. The topological polar surface area (TPSA) is 27.7 Å². The van der Waals surface area contributed by atoms with Gasteiger partial charge in [0.05, 0.1) is 25.4 Å². The third-order valence-electron chi connectivity index (χ3n) is 9.22. The molecule has 0 N–H and O–H groups in total. The number of hydrogen-bond acceptors (Lipinski definition) is 3. The average Bonchev–Trinajstić information content (AvgIpc) is 3.02. The summed E-state index contributed by atoms with van der Waals surface area (Å²) in [6.07, 6.45) is 41.7. The third kappa shape index (κ3) is 34.6. The molecule has 0 spiro atoms. The van der Waals surface area contributed by atoms with Crippen LogP contribution in [-0.2, 0) is 14.2 Å². The minimum absolute atomic E-state index is 0.227. The van der Waals surface area contributed by atoms with E-state index in [0.717, 1.165) is 26.1 Å². The first-order valence-electron chi connectivity index (χ1n) is 20.1. The van der Waals surface area contributed by atoms with Gasteiger partial charge in [0.25, 0.3) is 0 Å². The Morgan fingerprint density at radius 1 is 0.302 bits per heavy atom. The van der Waals surface area contributed by atoms with Gasteiger partial charge in [-0.1, -0.05) is 195 Å². The van der Waals surface area contributed by atoms with Gasteiger partial charge >= 0.3 is 0 Å². The van der Waals surface area contributed by atoms with Gasteiger partial charge in [-0.3, -0.25) is 0 Å². The van der Waals surface area contributed by atoms with E-state index in [-0.39, 0.29) is 12.2 Å². The predicted octanol–water partition coefficient (Wildman–Crippen LogP) is 13.6. The van der Waals surface area contributed by atoms with Crippen molar-refractivity contribution in [2.24, 2.45) is 0 Å². The maximum absolute atomic E-state index is 6.14. The highest BCUT2D eigenvalue weighted by atomic mass is 16.6. The predicted molar refractivity (Wildman–Crippen MR) is 192 cm³/mol. The van der Waals surface area contributed by atoms with Crippen molar-refractivity contribution in [3.05, 3.63) is 0 Å². The molecule has 0 aromatic carbocycles. The van der Waals surface area contributed by atoms with E-state index in [1.165, 1.54) is 180 Å². The first-order valence-corrected chi connectivity index (χ1v) is 20.1. The minimum atomic E-state index is 0.227. The summed E-state index contributed by atoms with van der Waals surface area (Å²) in [6.45, 7) is 12.2. The van der Waals surface area contributed by atoms with Crippen LogP contribution in [-0.4, -0.2) is 38.6 Å². The maximum Gasteiger partial charge on any atom is 0.0805 e. The van der Waals surface area contributed by atoms with E-state index in [2.05, 4.69) is 27.7 Å². The van der Waals surface area contributed by atoms with E-state index in [4.69, 9.17) is 14.2 Å². The van der Waals surface area contributed by atoms with E-state index in [1.54, 1.807) is 0 Å². The molecule has 0 bridgehead atoms. The smallest absolute Gasteiger partial charge is 0.0805 e. The Balaban J connectivity index is 3.47. The van der Waals surface area contributed by atoms with Crippen LogP contribution in [0.4, 0.5) is 0 Å². The summed E-state index contributed by atoms with van der Waals surface area (Å²) >= 11 is 0. The monoisotopic (exact) mass is 611 g/mol. The van der Waals surface area contributed by atoms with Crippen molar-refractivity contribution in [2.75, 3.05) is 26.4 Å². The normalized spacial score (nSPS) is 13.1. The second kappa shape index (κ2) is 38.1. The highest BCUT2D eigenvalue weighted by Gasteiger charge is 2.11. The molecule has 0 fully saturated rings. The van der Waals surface area contributed by atoms with Gasteiger partial charge in [0.15, 0.2) is 0 Å². The van der Waals surface area contributed by atoms with E-state index < -0.39 is 0 Å². The number of ether oxygens (including phenoxy) is 3. The lowest BCUT2D eigenvalue weighted by Crippen LogP contribution is -2.25. The fourth-order valence-electron chi connectivity index (χ4n) is 5.99. The Hall–Kier alpha value is -0.120. The standard InChI is InChI=1S/C40H82O3/c1-5-9-11-13-15-17-19-21-23-25-27-29-31-33-35-42-39(7-3)37-41-38-40(8-4)43-36-34-32-30-28-26-24-22-20-18-16-14-12-10-6-2/h39-40H,5-38H2,1-4H3. The summed E-state index contributed by atoms with van der Waals surface area (Å²) < 4.78 is 18.3. The lowest BCUT2D eigenvalue weighted by Gasteiger charge is -2.20. The molecule has 0 saturated carbocycles. The number of unbranched alkanes of at least 4 members (excludes halogenated alkanes) is 26. The van der Waals surface area contributed by atoms with Crippen LogP contribution in [0.15, 0.2) is 0 Å². The molecule has 43 heavy (non-hydrogen) atoms. The lowest BCUT2D eigenvalue weighted by atomic mass is 10.0. The second-order valence-corrected chi connectivity index (χ2v) is 13.5. The first kappa shape index (κ1) is 42.9. The Labute approximate surface area is 272 Å². The summed E-state index contributed by atoms with van der Waals surface area (Å²) in [5.41, 5.74) is 0. The van der Waals surface area contributed by atoms with Gasteiger partial charge in [-0.2, -0.15) is 0 Å². The van der Waals surface area contributed by atoms with Crippen LogP contribution in [0.1, 0.15) is 220 Å². The maximum atomic E-state index is 6.14. The molecule has 2 unspecified atom stereocenters. The van der Waals surface area contributed by atoms with E-state index in [1.807, 2.05) is 0 Å². The van der Waals surface area contributed by atoms with Crippen LogP contribution >= 0.6 is 0 Å². The molecule has 2 atom stereocenters. The van der Waals surface area contributed by atoms with Gasteiger partial charge < -0.3 is 14.2 Å². The van der Waals surface area contributed by atoms with Crippen molar-refractivity contribution in [1.29, 1.82) is 0 Å².